The fourth-order valence-corrected chi connectivity index (χ4v) is 5.47. The van der Waals surface area contributed by atoms with Crippen LogP contribution >= 0.6 is 7.92 Å². The van der Waals surface area contributed by atoms with Gasteiger partial charge in [-0.05, 0) is 36.4 Å². The van der Waals surface area contributed by atoms with Crippen molar-refractivity contribution >= 4 is 23.8 Å². The quantitative estimate of drug-likeness (QED) is 0.160. The van der Waals surface area contributed by atoms with E-state index in [1.54, 1.807) is 0 Å². The monoisotopic (exact) mass is 605 g/mol. The molecule has 0 aliphatic carbocycles. The zero-order chi connectivity index (χ0) is 20.5. The van der Waals surface area contributed by atoms with Crippen LogP contribution in [0.3, 0.4) is 0 Å². The summed E-state index contributed by atoms with van der Waals surface area (Å²) in [5.41, 5.74) is -0.633. The molecule has 0 bridgehead atoms. The number of hydrogen-bond donors (Lipinski definition) is 0. The van der Waals surface area contributed by atoms with Crippen molar-refractivity contribution in [2.45, 2.75) is 6.18 Å². The second kappa shape index (κ2) is 11.9. The summed E-state index contributed by atoms with van der Waals surface area (Å²) in [4.78, 5) is 0. The molecule has 0 aliphatic rings. The maximum Gasteiger partial charge on any atom is 1.00 e. The molecule has 0 aliphatic heterocycles. The number of rotatable bonds is 3. The van der Waals surface area contributed by atoms with Crippen molar-refractivity contribution in [3.05, 3.63) is 127 Å². The van der Waals surface area contributed by atoms with Gasteiger partial charge >= 0.3 is 28.6 Å². The molecular formula is C25H20AuF3P+. The van der Waals surface area contributed by atoms with Gasteiger partial charge in [-0.25, -0.2) is 0 Å². The van der Waals surface area contributed by atoms with Crippen molar-refractivity contribution in [1.82, 2.24) is 0 Å². The molecule has 4 rings (SSSR count). The summed E-state index contributed by atoms with van der Waals surface area (Å²) in [7, 11) is -0.877. The van der Waals surface area contributed by atoms with Crippen molar-refractivity contribution in [1.29, 1.82) is 0 Å². The van der Waals surface area contributed by atoms with Gasteiger partial charge in [-0.3, -0.25) is 0 Å². The van der Waals surface area contributed by atoms with Gasteiger partial charge in [-0.2, -0.15) is 43.5 Å². The summed E-state index contributed by atoms with van der Waals surface area (Å²) in [6, 6.07) is 39.5. The molecule has 0 heterocycles. The van der Waals surface area contributed by atoms with Gasteiger partial charge in [-0.1, -0.05) is 60.2 Å². The molecule has 156 valence electrons. The van der Waals surface area contributed by atoms with E-state index in [1.807, 2.05) is 0 Å². The van der Waals surface area contributed by atoms with Crippen LogP contribution in [0, 0.1) is 6.07 Å². The van der Waals surface area contributed by atoms with Crippen molar-refractivity contribution in [2.75, 3.05) is 0 Å². The molecule has 0 spiro atoms. The molecule has 5 heteroatoms. The van der Waals surface area contributed by atoms with Crippen LogP contribution in [0.2, 0.25) is 0 Å². The Morgan fingerprint density at radius 3 is 1.13 bits per heavy atom. The molecule has 4 aromatic rings. The summed E-state index contributed by atoms with van der Waals surface area (Å²) >= 11 is 0. The van der Waals surface area contributed by atoms with E-state index in [4.69, 9.17) is 0 Å². The zero-order valence-electron chi connectivity index (χ0n) is 15.9. The predicted octanol–water partition coefficient (Wildman–Crippen LogP) is 5.68. The minimum atomic E-state index is -4.23. The van der Waals surface area contributed by atoms with Gasteiger partial charge in [0.2, 0.25) is 0 Å². The molecule has 0 radical (unpaired) electrons. The fourth-order valence-electron chi connectivity index (χ4n) is 2.89. The van der Waals surface area contributed by atoms with Crippen LogP contribution < -0.4 is 15.9 Å². The smallest absolute Gasteiger partial charge is 0.184 e. The van der Waals surface area contributed by atoms with Gasteiger partial charge in [0.05, 0.1) is 7.92 Å². The minimum Gasteiger partial charge on any atom is -0.184 e. The Morgan fingerprint density at radius 2 is 0.867 bits per heavy atom. The first-order chi connectivity index (χ1) is 14.1. The number of alkyl halides is 3. The fraction of sp³-hybridized carbons (Fsp3) is 0.0400. The van der Waals surface area contributed by atoms with Gasteiger partial charge in [0, 0.05) is 0 Å². The van der Waals surface area contributed by atoms with Crippen LogP contribution in [0.5, 0.6) is 0 Å². The van der Waals surface area contributed by atoms with Crippen LogP contribution in [-0.2, 0) is 28.6 Å². The molecule has 0 nitrogen and oxygen atoms in total. The number of hydrogen-bond acceptors (Lipinski definition) is 0. The number of halogens is 3. The molecule has 0 saturated heterocycles. The van der Waals surface area contributed by atoms with E-state index in [2.05, 4.69) is 97.1 Å². The van der Waals surface area contributed by atoms with Gasteiger partial charge in [0.25, 0.3) is 0 Å². The normalized spacial score (nSPS) is 10.5. The topological polar surface area (TPSA) is 0 Å². The average molecular weight is 605 g/mol. The Morgan fingerprint density at radius 1 is 0.533 bits per heavy atom. The molecule has 0 N–H and O–H groups in total. The molecule has 0 atom stereocenters. The largest absolute Gasteiger partial charge is 1.00 e. The van der Waals surface area contributed by atoms with E-state index in [-0.39, 0.29) is 22.4 Å². The Balaban J connectivity index is 0.000000249. The summed E-state index contributed by atoms with van der Waals surface area (Å²) in [5, 5.41) is 4.31. The van der Waals surface area contributed by atoms with Crippen molar-refractivity contribution < 1.29 is 35.6 Å². The summed E-state index contributed by atoms with van der Waals surface area (Å²) in [6.45, 7) is 0. The molecule has 0 unspecified atom stereocenters. The maximum atomic E-state index is 11.8. The average Bonchev–Trinajstić information content (AvgIpc) is 2.77. The second-order valence-electron chi connectivity index (χ2n) is 6.26. The predicted molar refractivity (Wildman–Crippen MR) is 117 cm³/mol. The number of benzene rings is 4. The van der Waals surface area contributed by atoms with Gasteiger partial charge in [0.15, 0.2) is 0 Å². The van der Waals surface area contributed by atoms with E-state index in [0.717, 1.165) is 12.1 Å². The van der Waals surface area contributed by atoms with Crippen LogP contribution in [0.15, 0.2) is 115 Å². The van der Waals surface area contributed by atoms with E-state index in [0.29, 0.717) is 0 Å². The standard InChI is InChI=1S/C18H15P.C7H4F3.Au/c1-4-10-16(11-5-1)19(17-12-6-2-7-13-17)18-14-8-3-9-15-18;8-7(9,10)6-4-2-1-3-5-6;/h1-15H;2-5H;/q;-1;+1/p+1. The van der Waals surface area contributed by atoms with Crippen molar-refractivity contribution in [2.24, 2.45) is 0 Å². The van der Waals surface area contributed by atoms with Gasteiger partial charge in [0.1, 0.15) is 15.9 Å². The van der Waals surface area contributed by atoms with E-state index in [1.165, 1.54) is 28.0 Å². The van der Waals surface area contributed by atoms with Crippen molar-refractivity contribution in [3.63, 3.8) is 0 Å². The molecule has 0 saturated carbocycles. The summed E-state index contributed by atoms with van der Waals surface area (Å²) < 4.78 is 35.3. The third-order valence-electron chi connectivity index (χ3n) is 4.23. The van der Waals surface area contributed by atoms with Crippen LogP contribution in [0.4, 0.5) is 13.2 Å². The SMILES string of the molecule is FC(F)(F)c1cc[c-]cc1.[Au+].c1ccc([PH+](c2ccccc2)c2ccccc2)cc1. The Labute approximate surface area is 192 Å². The summed E-state index contributed by atoms with van der Waals surface area (Å²) in [6.07, 6.45) is -4.23. The Bertz CT molecular complexity index is 882. The molecule has 4 aromatic carbocycles. The maximum absolute atomic E-state index is 11.8. The van der Waals surface area contributed by atoms with Crippen LogP contribution in [-0.4, -0.2) is 0 Å². The second-order valence-corrected chi connectivity index (χ2v) is 8.74. The molecular weight excluding hydrogens is 585 g/mol. The summed E-state index contributed by atoms with van der Waals surface area (Å²) in [5.74, 6) is 0. The van der Waals surface area contributed by atoms with E-state index in [9.17, 15) is 13.2 Å². The third-order valence-corrected chi connectivity index (χ3v) is 6.97. The third kappa shape index (κ3) is 6.97. The van der Waals surface area contributed by atoms with Gasteiger partial charge < -0.3 is 0 Å². The zero-order valence-corrected chi connectivity index (χ0v) is 19.1. The molecule has 0 aromatic heterocycles. The Hall–Kier alpha value is -2.16. The first-order valence-electron chi connectivity index (χ1n) is 9.12. The Kier molecular flexibility index (Phi) is 9.55. The minimum absolute atomic E-state index is 0. The van der Waals surface area contributed by atoms with Crippen molar-refractivity contribution in [3.8, 4) is 0 Å². The first-order valence-corrected chi connectivity index (χ1v) is 10.6. The van der Waals surface area contributed by atoms with E-state index < -0.39 is 19.7 Å². The van der Waals surface area contributed by atoms with E-state index >= 15 is 0 Å². The first kappa shape index (κ1) is 24.1. The molecule has 0 amide bonds. The molecule has 0 fully saturated rings. The van der Waals surface area contributed by atoms with Crippen LogP contribution in [0.25, 0.3) is 0 Å². The van der Waals surface area contributed by atoms with Gasteiger partial charge in [-0.15, -0.1) is 0 Å². The molecule has 30 heavy (non-hydrogen) atoms. The van der Waals surface area contributed by atoms with Crippen LogP contribution in [0.1, 0.15) is 5.56 Å².